The van der Waals surface area contributed by atoms with Gasteiger partial charge in [-0.2, -0.15) is 0 Å². The molecule has 4 aliphatic rings. The lowest BCUT2D eigenvalue weighted by atomic mass is 9.55. The number of rotatable bonds is 0. The van der Waals surface area contributed by atoms with Gasteiger partial charge < -0.3 is 0 Å². The van der Waals surface area contributed by atoms with E-state index in [0.29, 0.717) is 0 Å². The minimum atomic E-state index is 0.856. The Morgan fingerprint density at radius 1 is 0.600 bits per heavy atom. The van der Waals surface area contributed by atoms with E-state index in [4.69, 9.17) is 0 Å². The second-order valence-corrected chi connectivity index (χ2v) is 3.78. The SMILES string of the molecule is C1=CC2C3=C4C(C=CC42)C13. The van der Waals surface area contributed by atoms with Crippen molar-refractivity contribution in [2.75, 3.05) is 0 Å². The van der Waals surface area contributed by atoms with Crippen LogP contribution in [0.1, 0.15) is 0 Å². The van der Waals surface area contributed by atoms with Crippen LogP contribution < -0.4 is 0 Å². The average molecular weight is 128 g/mol. The second kappa shape index (κ2) is 0.952. The van der Waals surface area contributed by atoms with Gasteiger partial charge in [0.2, 0.25) is 0 Å². The van der Waals surface area contributed by atoms with E-state index in [2.05, 4.69) is 24.3 Å². The third kappa shape index (κ3) is 0.202. The molecule has 4 unspecified atom stereocenters. The van der Waals surface area contributed by atoms with Crippen LogP contribution in [0.25, 0.3) is 0 Å². The lowest BCUT2D eigenvalue weighted by Crippen LogP contribution is -2.39. The molecule has 0 saturated heterocycles. The Hall–Kier alpha value is -0.780. The molecule has 4 rings (SSSR count). The summed E-state index contributed by atoms with van der Waals surface area (Å²) in [6, 6.07) is 0. The summed E-state index contributed by atoms with van der Waals surface area (Å²) in [7, 11) is 0. The molecule has 0 fully saturated rings. The number of allylic oxidation sites excluding steroid dienone is 6. The van der Waals surface area contributed by atoms with Crippen LogP contribution in [-0.4, -0.2) is 0 Å². The van der Waals surface area contributed by atoms with Gasteiger partial charge in [0.1, 0.15) is 0 Å². The summed E-state index contributed by atoms with van der Waals surface area (Å²) in [5.74, 6) is 3.43. The molecule has 0 heterocycles. The Labute approximate surface area is 59.9 Å². The molecule has 0 aromatic rings. The quantitative estimate of drug-likeness (QED) is 0.437. The molecular weight excluding hydrogens is 120 g/mol. The normalized spacial score (nSPS) is 56.8. The van der Waals surface area contributed by atoms with Gasteiger partial charge in [-0.25, -0.2) is 0 Å². The fraction of sp³-hybridized carbons (Fsp3) is 0.400. The maximum atomic E-state index is 2.41. The van der Waals surface area contributed by atoms with Crippen LogP contribution in [0.3, 0.4) is 0 Å². The first kappa shape index (κ1) is 4.17. The van der Waals surface area contributed by atoms with Gasteiger partial charge in [-0.15, -0.1) is 0 Å². The fourth-order valence-corrected chi connectivity index (χ4v) is 3.17. The highest BCUT2D eigenvalue weighted by atomic mass is 14.6. The van der Waals surface area contributed by atoms with Crippen LogP contribution in [0.4, 0.5) is 0 Å². The van der Waals surface area contributed by atoms with Gasteiger partial charge in [0, 0.05) is 23.7 Å². The highest BCUT2D eigenvalue weighted by Gasteiger charge is 2.57. The number of hydrogen-bond acceptors (Lipinski definition) is 0. The van der Waals surface area contributed by atoms with E-state index >= 15 is 0 Å². The first-order valence-electron chi connectivity index (χ1n) is 4.07. The van der Waals surface area contributed by atoms with Crippen LogP contribution in [-0.2, 0) is 0 Å². The van der Waals surface area contributed by atoms with E-state index in [1.54, 1.807) is 11.1 Å². The predicted molar refractivity (Wildman–Crippen MR) is 39.3 cm³/mol. The van der Waals surface area contributed by atoms with Gasteiger partial charge in [0.25, 0.3) is 0 Å². The summed E-state index contributed by atoms with van der Waals surface area (Å²) in [4.78, 5) is 0. The minimum Gasteiger partial charge on any atom is -0.0798 e. The maximum absolute atomic E-state index is 2.41. The number of fused-ring (bicyclic) bond motifs is 2. The standard InChI is InChI=1S/C10H8/c1-2-6-8-4-3-7-5(1)9(6)10(7)8/h1-8H. The third-order valence-corrected chi connectivity index (χ3v) is 3.60. The molecule has 0 radical (unpaired) electrons. The van der Waals surface area contributed by atoms with E-state index in [-0.39, 0.29) is 0 Å². The largest absolute Gasteiger partial charge is 0.0798 e. The summed E-state index contributed by atoms with van der Waals surface area (Å²) < 4.78 is 0. The summed E-state index contributed by atoms with van der Waals surface area (Å²) in [5, 5.41) is 0. The molecule has 0 aromatic heterocycles. The fourth-order valence-electron chi connectivity index (χ4n) is 3.17. The molecule has 0 nitrogen and oxygen atoms in total. The highest BCUT2D eigenvalue weighted by Crippen LogP contribution is 2.67. The zero-order chi connectivity index (χ0) is 6.29. The molecule has 48 valence electrons. The number of hydrogen-bond donors (Lipinski definition) is 0. The van der Waals surface area contributed by atoms with Gasteiger partial charge in [0.15, 0.2) is 0 Å². The van der Waals surface area contributed by atoms with Crippen molar-refractivity contribution in [1.29, 1.82) is 0 Å². The molecule has 0 aromatic carbocycles. The van der Waals surface area contributed by atoms with Crippen molar-refractivity contribution in [2.45, 2.75) is 0 Å². The van der Waals surface area contributed by atoms with Crippen molar-refractivity contribution < 1.29 is 0 Å². The Morgan fingerprint density at radius 3 is 1.20 bits per heavy atom. The Morgan fingerprint density at radius 2 is 0.900 bits per heavy atom. The van der Waals surface area contributed by atoms with Crippen molar-refractivity contribution in [3.63, 3.8) is 0 Å². The second-order valence-electron chi connectivity index (χ2n) is 3.78. The van der Waals surface area contributed by atoms with Crippen molar-refractivity contribution in [3.8, 4) is 0 Å². The van der Waals surface area contributed by atoms with E-state index in [9.17, 15) is 0 Å². The van der Waals surface area contributed by atoms with Gasteiger partial charge in [-0.05, 0) is 0 Å². The summed E-state index contributed by atoms with van der Waals surface area (Å²) in [5.41, 5.74) is 3.58. The summed E-state index contributed by atoms with van der Waals surface area (Å²) >= 11 is 0. The molecule has 0 aliphatic heterocycles. The Balaban J connectivity index is 2.14. The molecule has 0 amide bonds. The van der Waals surface area contributed by atoms with Crippen LogP contribution in [0.15, 0.2) is 35.5 Å². The van der Waals surface area contributed by atoms with Crippen LogP contribution in [0.2, 0.25) is 0 Å². The topological polar surface area (TPSA) is 0 Å². The van der Waals surface area contributed by atoms with E-state index in [1.807, 2.05) is 0 Å². The molecule has 0 saturated carbocycles. The van der Waals surface area contributed by atoms with Gasteiger partial charge in [-0.1, -0.05) is 35.5 Å². The molecular formula is C10H8. The maximum Gasteiger partial charge on any atom is 0.00869 e. The smallest absolute Gasteiger partial charge is 0.00869 e. The van der Waals surface area contributed by atoms with E-state index in [1.165, 1.54) is 0 Å². The first-order valence-corrected chi connectivity index (χ1v) is 4.07. The van der Waals surface area contributed by atoms with E-state index < -0.39 is 0 Å². The van der Waals surface area contributed by atoms with Crippen molar-refractivity contribution >= 4 is 0 Å². The molecule has 4 aliphatic carbocycles. The molecule has 0 N–H and O–H groups in total. The van der Waals surface area contributed by atoms with Crippen LogP contribution >= 0.6 is 0 Å². The Kier molecular flexibility index (Phi) is 0.397. The Bertz CT molecular complexity index is 257. The molecule has 0 heteroatoms. The van der Waals surface area contributed by atoms with Crippen molar-refractivity contribution in [2.24, 2.45) is 23.7 Å². The first-order chi connectivity index (χ1) is 4.97. The lowest BCUT2D eigenvalue weighted by Gasteiger charge is -2.48. The third-order valence-electron chi connectivity index (χ3n) is 3.60. The summed E-state index contributed by atoms with van der Waals surface area (Å²) in [6.07, 6.45) is 9.66. The van der Waals surface area contributed by atoms with Gasteiger partial charge in [-0.3, -0.25) is 0 Å². The van der Waals surface area contributed by atoms with Gasteiger partial charge in [0.05, 0.1) is 0 Å². The minimum absolute atomic E-state index is 0.856. The van der Waals surface area contributed by atoms with Crippen LogP contribution in [0, 0.1) is 23.7 Å². The van der Waals surface area contributed by atoms with E-state index in [0.717, 1.165) is 23.7 Å². The monoisotopic (exact) mass is 128 g/mol. The molecule has 4 atom stereocenters. The zero-order valence-electron chi connectivity index (χ0n) is 5.62. The molecule has 0 spiro atoms. The molecule has 10 heavy (non-hydrogen) atoms. The average Bonchev–Trinajstić information content (AvgIpc) is 2.10. The van der Waals surface area contributed by atoms with Crippen LogP contribution in [0.5, 0.6) is 0 Å². The zero-order valence-corrected chi connectivity index (χ0v) is 5.62. The summed E-state index contributed by atoms with van der Waals surface area (Å²) in [6.45, 7) is 0. The highest BCUT2D eigenvalue weighted by molar-refractivity contribution is 5.61. The predicted octanol–water partition coefficient (Wildman–Crippen LogP) is 1.91. The van der Waals surface area contributed by atoms with Gasteiger partial charge >= 0.3 is 0 Å². The van der Waals surface area contributed by atoms with Crippen molar-refractivity contribution in [3.05, 3.63) is 35.5 Å². The molecule has 0 bridgehead atoms. The lowest BCUT2D eigenvalue weighted by molar-refractivity contribution is 0.359. The van der Waals surface area contributed by atoms with Crippen molar-refractivity contribution in [1.82, 2.24) is 0 Å².